The molecule has 1 aromatic rings. The van der Waals surface area contributed by atoms with Gasteiger partial charge in [-0.15, -0.1) is 0 Å². The first kappa shape index (κ1) is 8.80. The van der Waals surface area contributed by atoms with Gasteiger partial charge in [0.05, 0.1) is 5.69 Å². The van der Waals surface area contributed by atoms with E-state index in [0.29, 0.717) is 13.0 Å². The minimum Gasteiger partial charge on any atom is -0.394 e. The van der Waals surface area contributed by atoms with Crippen LogP contribution < -0.4 is 16.6 Å². The fourth-order valence-corrected chi connectivity index (χ4v) is 1.62. The maximum absolute atomic E-state index is 11.6. The number of carbonyl (C=O) groups excluding carboxylic acids is 1. The topological polar surface area (TPSA) is 77.1 Å². The van der Waals surface area contributed by atoms with Crippen molar-refractivity contribution in [2.75, 3.05) is 12.3 Å². The van der Waals surface area contributed by atoms with Gasteiger partial charge in [-0.2, -0.15) is 0 Å². The minimum atomic E-state index is -0.397. The Morgan fingerprint density at radius 1 is 1.50 bits per heavy atom. The van der Waals surface area contributed by atoms with Gasteiger partial charge in [0, 0.05) is 12.7 Å². The molecule has 2 heterocycles. The number of aromatic nitrogens is 1. The molecule has 5 nitrogen and oxygen atoms in total. The lowest BCUT2D eigenvalue weighted by Crippen LogP contribution is -2.30. The molecule has 1 fully saturated rings. The lowest BCUT2D eigenvalue weighted by atomic mass is 10.2. The normalized spacial score (nSPS) is 20.9. The smallest absolute Gasteiger partial charge is 0.274 e. The molecule has 1 aromatic heterocycles. The van der Waals surface area contributed by atoms with Crippen molar-refractivity contribution in [3.63, 3.8) is 0 Å². The van der Waals surface area contributed by atoms with E-state index in [1.807, 2.05) is 0 Å². The molecule has 1 unspecified atom stereocenters. The van der Waals surface area contributed by atoms with E-state index in [4.69, 9.17) is 5.73 Å². The van der Waals surface area contributed by atoms with E-state index in [9.17, 15) is 9.59 Å². The first-order valence-electron chi connectivity index (χ1n) is 4.44. The minimum absolute atomic E-state index is 0.113. The number of pyridine rings is 1. The van der Waals surface area contributed by atoms with Crippen LogP contribution in [0.25, 0.3) is 0 Å². The number of nitrogens with zero attached hydrogens (tertiary/aromatic N) is 1. The highest BCUT2D eigenvalue weighted by molar-refractivity contribution is 5.82. The quantitative estimate of drug-likeness (QED) is 0.630. The molecule has 0 spiro atoms. The molecule has 0 radical (unpaired) electrons. The van der Waals surface area contributed by atoms with Crippen LogP contribution in [0.2, 0.25) is 0 Å². The number of carbonyl (C=O) groups is 1. The molecule has 1 saturated heterocycles. The van der Waals surface area contributed by atoms with Gasteiger partial charge in [0.15, 0.2) is 0 Å². The molecule has 1 aliphatic rings. The average molecular weight is 193 g/mol. The van der Waals surface area contributed by atoms with Crippen molar-refractivity contribution in [3.8, 4) is 0 Å². The second-order valence-electron chi connectivity index (χ2n) is 3.27. The van der Waals surface area contributed by atoms with Crippen LogP contribution in [0.3, 0.4) is 0 Å². The summed E-state index contributed by atoms with van der Waals surface area (Å²) in [5.41, 5.74) is 5.35. The largest absolute Gasteiger partial charge is 0.394 e. The van der Waals surface area contributed by atoms with Gasteiger partial charge in [0.2, 0.25) is 5.91 Å². The summed E-state index contributed by atoms with van der Waals surface area (Å²) in [5.74, 6) is -0.113. The van der Waals surface area contributed by atoms with Crippen LogP contribution in [-0.4, -0.2) is 17.0 Å². The molecule has 0 saturated carbocycles. The number of amides is 1. The van der Waals surface area contributed by atoms with Crippen molar-refractivity contribution in [3.05, 3.63) is 28.7 Å². The fourth-order valence-electron chi connectivity index (χ4n) is 1.62. The van der Waals surface area contributed by atoms with Crippen molar-refractivity contribution in [1.82, 2.24) is 9.88 Å². The summed E-state index contributed by atoms with van der Waals surface area (Å²) in [6, 6.07) is 2.81. The van der Waals surface area contributed by atoms with Crippen LogP contribution >= 0.6 is 0 Å². The zero-order valence-electron chi connectivity index (χ0n) is 7.56. The fraction of sp³-hybridized carbons (Fsp3) is 0.333. The molecule has 1 amide bonds. The second kappa shape index (κ2) is 3.17. The van der Waals surface area contributed by atoms with Crippen LogP contribution in [0.1, 0.15) is 12.5 Å². The molecular formula is C9H11N3O2. The lowest BCUT2D eigenvalue weighted by molar-refractivity contribution is -0.121. The van der Waals surface area contributed by atoms with Gasteiger partial charge in [-0.25, -0.2) is 0 Å². The summed E-state index contributed by atoms with van der Waals surface area (Å²) in [5, 5.41) is 2.68. The molecule has 1 atom stereocenters. The van der Waals surface area contributed by atoms with Crippen LogP contribution in [0, 0.1) is 0 Å². The van der Waals surface area contributed by atoms with Gasteiger partial charge < -0.3 is 15.6 Å². The Labute approximate surface area is 80.5 Å². The SMILES string of the molecule is Nc1cccn(C2CCNC2=O)c1=O. The van der Waals surface area contributed by atoms with Gasteiger partial charge >= 0.3 is 0 Å². The van der Waals surface area contributed by atoms with E-state index in [1.165, 1.54) is 10.6 Å². The van der Waals surface area contributed by atoms with Crippen LogP contribution in [0.5, 0.6) is 0 Å². The van der Waals surface area contributed by atoms with Gasteiger partial charge in [0.1, 0.15) is 6.04 Å². The van der Waals surface area contributed by atoms with E-state index in [1.54, 1.807) is 12.3 Å². The zero-order chi connectivity index (χ0) is 10.1. The molecule has 0 aliphatic carbocycles. The Balaban J connectivity index is 2.46. The number of anilines is 1. The third kappa shape index (κ3) is 1.26. The van der Waals surface area contributed by atoms with Crippen molar-refractivity contribution in [2.45, 2.75) is 12.5 Å². The summed E-state index contributed by atoms with van der Waals surface area (Å²) in [4.78, 5) is 22.9. The van der Waals surface area contributed by atoms with E-state index in [-0.39, 0.29) is 17.2 Å². The Kier molecular flexibility index (Phi) is 1.99. The van der Waals surface area contributed by atoms with Gasteiger partial charge in [-0.05, 0) is 18.6 Å². The molecule has 0 bridgehead atoms. The standard InChI is InChI=1S/C9H11N3O2/c10-6-2-1-5-12(9(6)14)7-3-4-11-8(7)13/h1-2,5,7H,3-4,10H2,(H,11,13). The lowest BCUT2D eigenvalue weighted by Gasteiger charge is -2.10. The molecule has 1 aliphatic heterocycles. The summed E-state index contributed by atoms with van der Waals surface area (Å²) in [6.07, 6.45) is 2.23. The molecule has 5 heteroatoms. The number of hydrogen-bond acceptors (Lipinski definition) is 3. The predicted octanol–water partition coefficient (Wildman–Crippen LogP) is -0.509. The number of nitrogen functional groups attached to an aromatic ring is 1. The van der Waals surface area contributed by atoms with Gasteiger partial charge in [-0.1, -0.05) is 0 Å². The van der Waals surface area contributed by atoms with Gasteiger partial charge in [-0.3, -0.25) is 9.59 Å². The van der Waals surface area contributed by atoms with Crippen molar-refractivity contribution in [1.29, 1.82) is 0 Å². The predicted molar refractivity (Wildman–Crippen MR) is 51.8 cm³/mol. The first-order valence-corrected chi connectivity index (χ1v) is 4.44. The van der Waals surface area contributed by atoms with Crippen molar-refractivity contribution >= 4 is 11.6 Å². The number of rotatable bonds is 1. The Hall–Kier alpha value is -1.78. The number of nitrogens with two attached hydrogens (primary N) is 1. The molecule has 14 heavy (non-hydrogen) atoms. The molecule has 74 valence electrons. The van der Waals surface area contributed by atoms with Crippen LogP contribution in [0.15, 0.2) is 23.1 Å². The van der Waals surface area contributed by atoms with E-state index >= 15 is 0 Å². The van der Waals surface area contributed by atoms with Crippen molar-refractivity contribution < 1.29 is 4.79 Å². The van der Waals surface area contributed by atoms with E-state index in [0.717, 1.165) is 0 Å². The van der Waals surface area contributed by atoms with Crippen LogP contribution in [-0.2, 0) is 4.79 Å². The molecule has 2 rings (SSSR count). The van der Waals surface area contributed by atoms with Crippen molar-refractivity contribution in [2.24, 2.45) is 0 Å². The number of hydrogen-bond donors (Lipinski definition) is 2. The second-order valence-corrected chi connectivity index (χ2v) is 3.27. The summed E-state index contributed by atoms with van der Waals surface area (Å²) < 4.78 is 1.39. The Morgan fingerprint density at radius 2 is 2.29 bits per heavy atom. The molecular weight excluding hydrogens is 182 g/mol. The maximum Gasteiger partial charge on any atom is 0.274 e. The summed E-state index contributed by atoms with van der Waals surface area (Å²) >= 11 is 0. The summed E-state index contributed by atoms with van der Waals surface area (Å²) in [6.45, 7) is 0.616. The van der Waals surface area contributed by atoms with Crippen LogP contribution in [0.4, 0.5) is 5.69 Å². The highest BCUT2D eigenvalue weighted by Crippen LogP contribution is 2.14. The number of nitrogens with one attached hydrogen (secondary N) is 1. The Bertz CT molecular complexity index is 424. The first-order chi connectivity index (χ1) is 6.70. The Morgan fingerprint density at radius 3 is 2.93 bits per heavy atom. The highest BCUT2D eigenvalue weighted by Gasteiger charge is 2.26. The third-order valence-corrected chi connectivity index (χ3v) is 2.36. The summed E-state index contributed by atoms with van der Waals surface area (Å²) in [7, 11) is 0. The highest BCUT2D eigenvalue weighted by atomic mass is 16.2. The maximum atomic E-state index is 11.6. The average Bonchev–Trinajstić information content (AvgIpc) is 2.57. The third-order valence-electron chi connectivity index (χ3n) is 2.36. The zero-order valence-corrected chi connectivity index (χ0v) is 7.56. The molecule has 0 aromatic carbocycles. The molecule has 3 N–H and O–H groups in total. The van der Waals surface area contributed by atoms with E-state index in [2.05, 4.69) is 5.32 Å². The van der Waals surface area contributed by atoms with Gasteiger partial charge in [0.25, 0.3) is 5.56 Å². The monoisotopic (exact) mass is 193 g/mol. The van der Waals surface area contributed by atoms with E-state index < -0.39 is 6.04 Å².